The summed E-state index contributed by atoms with van der Waals surface area (Å²) in [7, 11) is 3.27. The summed E-state index contributed by atoms with van der Waals surface area (Å²) in [6.07, 6.45) is 0.977. The number of carbonyl (C=O) groups excluding carboxylic acids is 1. The van der Waals surface area contributed by atoms with Crippen LogP contribution in [0.1, 0.15) is 12.0 Å². The molecule has 3 aromatic rings. The number of rotatable bonds is 8. The van der Waals surface area contributed by atoms with Gasteiger partial charge in [0, 0.05) is 18.1 Å². The van der Waals surface area contributed by atoms with E-state index in [4.69, 9.17) is 19.9 Å². The van der Waals surface area contributed by atoms with Crippen LogP contribution < -0.4 is 19.9 Å². The first-order valence-electron chi connectivity index (χ1n) is 8.96. The number of hydrogen-bond donors (Lipinski definition) is 1. The quantitative estimate of drug-likeness (QED) is 0.624. The molecule has 0 heterocycles. The zero-order chi connectivity index (χ0) is 19.9. The van der Waals surface area contributed by atoms with Crippen molar-refractivity contribution in [3.05, 3.63) is 72.3 Å². The minimum Gasteiger partial charge on any atom is -0.497 e. The summed E-state index contributed by atoms with van der Waals surface area (Å²) in [6.45, 7) is 0. The Hall–Kier alpha value is -3.47. The summed E-state index contributed by atoms with van der Waals surface area (Å²) in [4.78, 5) is 10.9. The van der Waals surface area contributed by atoms with Gasteiger partial charge >= 0.3 is 0 Å². The van der Waals surface area contributed by atoms with Crippen LogP contribution >= 0.6 is 0 Å². The first-order chi connectivity index (χ1) is 13.6. The van der Waals surface area contributed by atoms with Crippen molar-refractivity contribution in [3.8, 4) is 34.1 Å². The van der Waals surface area contributed by atoms with Gasteiger partial charge in [-0.15, -0.1) is 0 Å². The molecule has 5 heteroatoms. The van der Waals surface area contributed by atoms with Crippen molar-refractivity contribution in [1.29, 1.82) is 0 Å². The molecule has 0 aliphatic rings. The maximum atomic E-state index is 10.9. The van der Waals surface area contributed by atoms with Gasteiger partial charge in [-0.1, -0.05) is 24.3 Å². The topological polar surface area (TPSA) is 70.8 Å². The Morgan fingerprint density at radius 2 is 1.43 bits per heavy atom. The van der Waals surface area contributed by atoms with Gasteiger partial charge in [-0.3, -0.25) is 4.79 Å². The Morgan fingerprint density at radius 1 is 0.821 bits per heavy atom. The molecule has 144 valence electrons. The summed E-state index contributed by atoms with van der Waals surface area (Å²) >= 11 is 0. The number of amides is 1. The van der Waals surface area contributed by atoms with Crippen molar-refractivity contribution in [2.75, 3.05) is 14.2 Å². The van der Waals surface area contributed by atoms with Crippen LogP contribution in [-0.4, -0.2) is 20.1 Å². The van der Waals surface area contributed by atoms with E-state index in [-0.39, 0.29) is 5.91 Å². The third-order valence-electron chi connectivity index (χ3n) is 4.39. The van der Waals surface area contributed by atoms with Crippen LogP contribution in [-0.2, 0) is 11.2 Å². The van der Waals surface area contributed by atoms with Crippen LogP contribution in [0.25, 0.3) is 11.1 Å². The Kier molecular flexibility index (Phi) is 6.17. The first kappa shape index (κ1) is 19.3. The lowest BCUT2D eigenvalue weighted by molar-refractivity contribution is -0.117. The molecule has 0 radical (unpaired) electrons. The minimum atomic E-state index is -0.297. The highest BCUT2D eigenvalue weighted by Gasteiger charge is 2.08. The van der Waals surface area contributed by atoms with E-state index in [1.54, 1.807) is 14.2 Å². The van der Waals surface area contributed by atoms with Gasteiger partial charge in [-0.25, -0.2) is 0 Å². The van der Waals surface area contributed by atoms with E-state index in [0.29, 0.717) is 12.8 Å². The molecule has 28 heavy (non-hydrogen) atoms. The van der Waals surface area contributed by atoms with Crippen molar-refractivity contribution in [2.45, 2.75) is 12.8 Å². The van der Waals surface area contributed by atoms with E-state index >= 15 is 0 Å². The Bertz CT molecular complexity index is 934. The van der Waals surface area contributed by atoms with Gasteiger partial charge in [0.05, 0.1) is 14.2 Å². The van der Waals surface area contributed by atoms with Crippen LogP contribution in [0, 0.1) is 0 Å². The lowest BCUT2D eigenvalue weighted by Gasteiger charge is -2.12. The van der Waals surface area contributed by atoms with Crippen molar-refractivity contribution in [1.82, 2.24) is 0 Å². The second-order valence-corrected chi connectivity index (χ2v) is 6.30. The molecule has 0 aliphatic carbocycles. The van der Waals surface area contributed by atoms with Gasteiger partial charge in [0.25, 0.3) is 0 Å². The molecule has 5 nitrogen and oxygen atoms in total. The molecule has 0 spiro atoms. The second kappa shape index (κ2) is 8.95. The highest BCUT2D eigenvalue weighted by atomic mass is 16.5. The second-order valence-electron chi connectivity index (χ2n) is 6.30. The van der Waals surface area contributed by atoms with Crippen LogP contribution in [0.2, 0.25) is 0 Å². The molecule has 0 fully saturated rings. The van der Waals surface area contributed by atoms with Gasteiger partial charge in [0.2, 0.25) is 5.91 Å². The number of ether oxygens (including phenoxy) is 3. The molecule has 0 aromatic heterocycles. The summed E-state index contributed by atoms with van der Waals surface area (Å²) in [5.41, 5.74) is 8.23. The standard InChI is InChI=1S/C23H23NO4/c1-26-20-12-13-21(22(15-20)27-2)17-6-10-19(11-7-17)28-18-8-3-16(4-9-18)5-14-23(24)25/h3-4,6-13,15H,5,14H2,1-2H3,(H2,24,25). The Morgan fingerprint density at radius 3 is 2.00 bits per heavy atom. The molecule has 0 atom stereocenters. The Labute approximate surface area is 164 Å². The molecular formula is C23H23NO4. The number of aryl methyl sites for hydroxylation is 1. The van der Waals surface area contributed by atoms with Crippen molar-refractivity contribution < 1.29 is 19.0 Å². The number of primary amides is 1. The number of carbonyl (C=O) groups is 1. The summed E-state index contributed by atoms with van der Waals surface area (Å²) in [5.74, 6) is 2.67. The molecule has 0 bridgehead atoms. The third kappa shape index (κ3) is 4.82. The van der Waals surface area contributed by atoms with Crippen molar-refractivity contribution >= 4 is 5.91 Å². The lowest BCUT2D eigenvalue weighted by atomic mass is 10.0. The maximum Gasteiger partial charge on any atom is 0.217 e. The predicted molar refractivity (Wildman–Crippen MR) is 109 cm³/mol. The average Bonchev–Trinajstić information content (AvgIpc) is 2.73. The van der Waals surface area contributed by atoms with Crippen LogP contribution in [0.4, 0.5) is 0 Å². The molecular weight excluding hydrogens is 354 g/mol. The molecule has 0 unspecified atom stereocenters. The maximum absolute atomic E-state index is 10.9. The molecule has 0 saturated carbocycles. The largest absolute Gasteiger partial charge is 0.497 e. The number of methoxy groups -OCH3 is 2. The highest BCUT2D eigenvalue weighted by Crippen LogP contribution is 2.34. The molecule has 3 rings (SSSR count). The minimum absolute atomic E-state index is 0.297. The number of benzene rings is 3. The van der Waals surface area contributed by atoms with E-state index < -0.39 is 0 Å². The predicted octanol–water partition coefficient (Wildman–Crippen LogP) is 4.58. The molecule has 1 amide bonds. The monoisotopic (exact) mass is 377 g/mol. The fraction of sp³-hybridized carbons (Fsp3) is 0.174. The van der Waals surface area contributed by atoms with Gasteiger partial charge < -0.3 is 19.9 Å². The van der Waals surface area contributed by atoms with E-state index in [2.05, 4.69) is 0 Å². The van der Waals surface area contributed by atoms with E-state index in [0.717, 1.165) is 39.7 Å². The first-order valence-corrected chi connectivity index (χ1v) is 8.96. The lowest BCUT2D eigenvalue weighted by Crippen LogP contribution is -2.11. The van der Waals surface area contributed by atoms with Crippen molar-refractivity contribution in [2.24, 2.45) is 5.73 Å². The fourth-order valence-corrected chi connectivity index (χ4v) is 2.87. The fourth-order valence-electron chi connectivity index (χ4n) is 2.87. The summed E-state index contributed by atoms with van der Waals surface area (Å²) in [5, 5.41) is 0. The highest BCUT2D eigenvalue weighted by molar-refractivity contribution is 5.74. The SMILES string of the molecule is COc1ccc(-c2ccc(Oc3ccc(CCC(N)=O)cc3)cc2)c(OC)c1. The van der Waals surface area contributed by atoms with Gasteiger partial charge in [0.15, 0.2) is 0 Å². The molecule has 0 aliphatic heterocycles. The smallest absolute Gasteiger partial charge is 0.217 e. The molecule has 2 N–H and O–H groups in total. The van der Waals surface area contributed by atoms with Gasteiger partial charge in [0.1, 0.15) is 23.0 Å². The molecule has 3 aromatic carbocycles. The Balaban J connectivity index is 1.70. The summed E-state index contributed by atoms with van der Waals surface area (Å²) < 4.78 is 16.6. The van der Waals surface area contributed by atoms with Gasteiger partial charge in [-0.05, 0) is 53.9 Å². The van der Waals surface area contributed by atoms with Crippen molar-refractivity contribution in [3.63, 3.8) is 0 Å². The van der Waals surface area contributed by atoms with E-state index in [9.17, 15) is 4.79 Å². The van der Waals surface area contributed by atoms with Crippen LogP contribution in [0.3, 0.4) is 0 Å². The van der Waals surface area contributed by atoms with E-state index in [1.165, 1.54) is 0 Å². The van der Waals surface area contributed by atoms with Crippen LogP contribution in [0.5, 0.6) is 23.0 Å². The number of hydrogen-bond acceptors (Lipinski definition) is 4. The van der Waals surface area contributed by atoms with E-state index in [1.807, 2.05) is 66.7 Å². The number of nitrogens with two attached hydrogens (primary N) is 1. The zero-order valence-electron chi connectivity index (χ0n) is 16.0. The normalized spacial score (nSPS) is 10.4. The summed E-state index contributed by atoms with van der Waals surface area (Å²) in [6, 6.07) is 21.2. The van der Waals surface area contributed by atoms with Crippen LogP contribution in [0.15, 0.2) is 66.7 Å². The average molecular weight is 377 g/mol. The third-order valence-corrected chi connectivity index (χ3v) is 4.39. The van der Waals surface area contributed by atoms with Gasteiger partial charge in [-0.2, -0.15) is 0 Å². The zero-order valence-corrected chi connectivity index (χ0v) is 16.0. The molecule has 0 saturated heterocycles.